The lowest BCUT2D eigenvalue weighted by atomic mass is 10.2. The van der Waals surface area contributed by atoms with Crippen molar-refractivity contribution in [2.45, 2.75) is 51.9 Å². The predicted molar refractivity (Wildman–Crippen MR) is 134 cm³/mol. The van der Waals surface area contributed by atoms with Gasteiger partial charge in [0, 0.05) is 17.9 Å². The van der Waals surface area contributed by atoms with Crippen LogP contribution in [0.15, 0.2) is 60.8 Å². The lowest BCUT2D eigenvalue weighted by Gasteiger charge is -2.31. The highest BCUT2D eigenvalue weighted by Gasteiger charge is 2.38. The monoisotopic (exact) mass is 474 g/mol. The topological polar surface area (TPSA) is 122 Å². The van der Waals surface area contributed by atoms with Crippen LogP contribution in [0.1, 0.15) is 47.7 Å². The maximum Gasteiger partial charge on any atom is 0.411 e. The molecule has 1 unspecified atom stereocenters. The van der Waals surface area contributed by atoms with Crippen molar-refractivity contribution >= 4 is 29.5 Å². The summed E-state index contributed by atoms with van der Waals surface area (Å²) in [5, 5.41) is 6.40. The number of nitrogens with two attached hydrogens (primary N) is 1. The Hall–Kier alpha value is -4.14. The van der Waals surface area contributed by atoms with Crippen molar-refractivity contribution in [2.75, 3.05) is 10.6 Å². The van der Waals surface area contributed by atoms with Crippen LogP contribution in [0.3, 0.4) is 0 Å². The van der Waals surface area contributed by atoms with Gasteiger partial charge < -0.3 is 21.1 Å². The second-order valence-corrected chi connectivity index (χ2v) is 8.56. The van der Waals surface area contributed by atoms with Crippen molar-refractivity contribution in [3.63, 3.8) is 0 Å². The van der Waals surface area contributed by atoms with Crippen LogP contribution in [0.5, 0.6) is 0 Å². The van der Waals surface area contributed by atoms with Gasteiger partial charge in [0.15, 0.2) is 0 Å². The maximum atomic E-state index is 13.0. The number of rotatable bonds is 10. The molecule has 1 aliphatic rings. The first-order valence-electron chi connectivity index (χ1n) is 11.7. The minimum atomic E-state index is -0.636. The van der Waals surface area contributed by atoms with Crippen LogP contribution in [0, 0.1) is 6.92 Å². The Morgan fingerprint density at radius 2 is 1.94 bits per heavy atom. The van der Waals surface area contributed by atoms with E-state index in [4.69, 9.17) is 10.5 Å². The second kappa shape index (κ2) is 10.9. The fourth-order valence-corrected chi connectivity index (χ4v) is 3.78. The number of aryl methyl sites for hydroxylation is 1. The number of primary amides is 1. The molecular formula is C26H30N6O3. The zero-order valence-corrected chi connectivity index (χ0v) is 19.9. The van der Waals surface area contributed by atoms with Crippen molar-refractivity contribution in [1.29, 1.82) is 0 Å². The van der Waals surface area contributed by atoms with Gasteiger partial charge in [0.1, 0.15) is 24.2 Å². The van der Waals surface area contributed by atoms with Gasteiger partial charge in [0.25, 0.3) is 5.91 Å². The SMILES string of the molecule is CCC(Nc1ncc(C(N)=O)c(Nc2cccc(C)c2)n1)N(C(=O)OCc1ccccc1)C1CC1. The van der Waals surface area contributed by atoms with Crippen LogP contribution < -0.4 is 16.4 Å². The third-order valence-electron chi connectivity index (χ3n) is 5.71. The van der Waals surface area contributed by atoms with Crippen molar-refractivity contribution in [3.05, 3.63) is 77.5 Å². The van der Waals surface area contributed by atoms with Gasteiger partial charge in [-0.25, -0.2) is 9.78 Å². The number of anilines is 3. The van der Waals surface area contributed by atoms with Crippen LogP contribution in [0.25, 0.3) is 0 Å². The summed E-state index contributed by atoms with van der Waals surface area (Å²) < 4.78 is 5.61. The van der Waals surface area contributed by atoms with E-state index in [1.165, 1.54) is 6.20 Å². The van der Waals surface area contributed by atoms with E-state index in [-0.39, 0.29) is 36.4 Å². The number of benzene rings is 2. The average Bonchev–Trinajstić information content (AvgIpc) is 3.68. The number of amides is 2. The van der Waals surface area contributed by atoms with Crippen LogP contribution in [0.4, 0.5) is 22.2 Å². The molecule has 182 valence electrons. The standard InChI is InChI=1S/C26H30N6O3/c1-3-22(32(20-12-13-20)26(34)35-16-18-9-5-4-6-10-18)30-25-28-15-21(23(27)33)24(31-25)29-19-11-7-8-17(2)14-19/h4-11,14-15,20,22H,3,12-13,16H2,1-2H3,(H2,27,33)(H2,28,29,30,31). The van der Waals surface area contributed by atoms with Gasteiger partial charge in [0.05, 0.1) is 0 Å². The molecule has 35 heavy (non-hydrogen) atoms. The van der Waals surface area contributed by atoms with Crippen LogP contribution in [-0.4, -0.2) is 39.1 Å². The van der Waals surface area contributed by atoms with Crippen LogP contribution in [0.2, 0.25) is 0 Å². The summed E-state index contributed by atoms with van der Waals surface area (Å²) in [6.07, 6.45) is 3.07. The van der Waals surface area contributed by atoms with Gasteiger partial charge in [-0.1, -0.05) is 49.4 Å². The molecule has 1 heterocycles. The molecule has 0 radical (unpaired) electrons. The summed E-state index contributed by atoms with van der Waals surface area (Å²) in [6.45, 7) is 4.15. The number of nitrogens with one attached hydrogen (secondary N) is 2. The molecule has 9 nitrogen and oxygen atoms in total. The zero-order chi connectivity index (χ0) is 24.8. The lowest BCUT2D eigenvalue weighted by Crippen LogP contribution is -2.46. The second-order valence-electron chi connectivity index (χ2n) is 8.56. The molecule has 1 aliphatic carbocycles. The van der Waals surface area contributed by atoms with Crippen molar-refractivity contribution in [2.24, 2.45) is 5.73 Å². The van der Waals surface area contributed by atoms with E-state index in [1.54, 1.807) is 4.90 Å². The average molecular weight is 475 g/mol. The number of carbonyl (C=O) groups is 2. The molecule has 4 rings (SSSR count). The van der Waals surface area contributed by atoms with E-state index in [2.05, 4.69) is 20.6 Å². The Labute approximate surface area is 204 Å². The molecule has 0 spiro atoms. The molecule has 9 heteroatoms. The molecule has 2 aromatic carbocycles. The van der Waals surface area contributed by atoms with Crippen LogP contribution in [-0.2, 0) is 11.3 Å². The largest absolute Gasteiger partial charge is 0.444 e. The highest BCUT2D eigenvalue weighted by Crippen LogP contribution is 2.31. The summed E-state index contributed by atoms with van der Waals surface area (Å²) in [4.78, 5) is 35.5. The van der Waals surface area contributed by atoms with E-state index in [0.29, 0.717) is 12.2 Å². The Morgan fingerprint density at radius 1 is 1.17 bits per heavy atom. The molecule has 1 fully saturated rings. The quantitative estimate of drug-likeness (QED) is 0.368. The number of carbonyl (C=O) groups excluding carboxylic acids is 2. The highest BCUT2D eigenvalue weighted by molar-refractivity contribution is 5.98. The van der Waals surface area contributed by atoms with E-state index in [9.17, 15) is 9.59 Å². The summed E-state index contributed by atoms with van der Waals surface area (Å²) in [6, 6.07) is 17.4. The van der Waals surface area contributed by atoms with Gasteiger partial charge in [-0.2, -0.15) is 4.98 Å². The van der Waals surface area contributed by atoms with E-state index in [1.807, 2.05) is 68.4 Å². The molecule has 0 bridgehead atoms. The fourth-order valence-electron chi connectivity index (χ4n) is 3.78. The molecule has 2 amide bonds. The van der Waals surface area contributed by atoms with Crippen molar-refractivity contribution in [3.8, 4) is 0 Å². The normalized spacial score (nSPS) is 13.5. The third-order valence-corrected chi connectivity index (χ3v) is 5.71. The number of aromatic nitrogens is 2. The molecule has 1 saturated carbocycles. The number of hydrogen-bond acceptors (Lipinski definition) is 7. The van der Waals surface area contributed by atoms with Crippen LogP contribution >= 0.6 is 0 Å². The Morgan fingerprint density at radius 3 is 2.60 bits per heavy atom. The third kappa shape index (κ3) is 6.26. The van der Waals surface area contributed by atoms with Gasteiger partial charge in [-0.15, -0.1) is 0 Å². The Balaban J connectivity index is 1.52. The molecule has 1 aromatic heterocycles. The summed E-state index contributed by atoms with van der Waals surface area (Å²) in [7, 11) is 0. The van der Waals surface area contributed by atoms with Gasteiger partial charge in [-0.05, 0) is 49.4 Å². The van der Waals surface area contributed by atoms with E-state index in [0.717, 1.165) is 29.7 Å². The zero-order valence-electron chi connectivity index (χ0n) is 19.9. The van der Waals surface area contributed by atoms with Crippen molar-refractivity contribution in [1.82, 2.24) is 14.9 Å². The molecule has 0 saturated heterocycles. The minimum Gasteiger partial charge on any atom is -0.444 e. The molecule has 4 N–H and O–H groups in total. The Bertz CT molecular complexity index is 1180. The smallest absolute Gasteiger partial charge is 0.411 e. The molecule has 3 aromatic rings. The lowest BCUT2D eigenvalue weighted by molar-refractivity contribution is 0.0804. The Kier molecular flexibility index (Phi) is 7.45. The first-order valence-corrected chi connectivity index (χ1v) is 11.7. The number of hydrogen-bond donors (Lipinski definition) is 3. The van der Waals surface area contributed by atoms with Crippen molar-refractivity contribution < 1.29 is 14.3 Å². The van der Waals surface area contributed by atoms with Gasteiger partial charge >= 0.3 is 6.09 Å². The number of ether oxygens (including phenoxy) is 1. The minimum absolute atomic E-state index is 0.102. The maximum absolute atomic E-state index is 13.0. The fraction of sp³-hybridized carbons (Fsp3) is 0.308. The first-order chi connectivity index (χ1) is 16.9. The first kappa shape index (κ1) is 24.0. The molecule has 0 aliphatic heterocycles. The highest BCUT2D eigenvalue weighted by atomic mass is 16.6. The van der Waals surface area contributed by atoms with Gasteiger partial charge in [0.2, 0.25) is 5.95 Å². The predicted octanol–water partition coefficient (Wildman–Crippen LogP) is 4.58. The molecular weight excluding hydrogens is 444 g/mol. The van der Waals surface area contributed by atoms with E-state index >= 15 is 0 Å². The van der Waals surface area contributed by atoms with E-state index < -0.39 is 5.91 Å². The van der Waals surface area contributed by atoms with Gasteiger partial charge in [-0.3, -0.25) is 9.69 Å². The summed E-state index contributed by atoms with van der Waals surface area (Å²) >= 11 is 0. The summed E-state index contributed by atoms with van der Waals surface area (Å²) in [5.74, 6) is -0.0681. The molecule has 1 atom stereocenters. The summed E-state index contributed by atoms with van der Waals surface area (Å²) in [5.41, 5.74) is 8.47. The number of nitrogens with zero attached hydrogens (tertiary/aromatic N) is 3.